The van der Waals surface area contributed by atoms with Gasteiger partial charge in [-0.05, 0) is 36.2 Å². The van der Waals surface area contributed by atoms with Crippen LogP contribution in [0.25, 0.3) is 0 Å². The van der Waals surface area contributed by atoms with Crippen LogP contribution in [-0.2, 0) is 11.2 Å². The van der Waals surface area contributed by atoms with Gasteiger partial charge in [-0.2, -0.15) is 0 Å². The Hall–Kier alpha value is -1.88. The van der Waals surface area contributed by atoms with Crippen LogP contribution in [0.1, 0.15) is 17.2 Å². The van der Waals surface area contributed by atoms with Crippen molar-refractivity contribution in [2.45, 2.75) is 12.3 Å². The van der Waals surface area contributed by atoms with E-state index in [2.05, 4.69) is 20.9 Å². The molecule has 0 saturated carbocycles. The van der Waals surface area contributed by atoms with E-state index in [0.717, 1.165) is 10.0 Å². The number of carbonyl (C=O) groups is 1. The van der Waals surface area contributed by atoms with Crippen molar-refractivity contribution in [3.05, 3.63) is 58.3 Å². The van der Waals surface area contributed by atoms with Crippen molar-refractivity contribution in [2.75, 3.05) is 7.11 Å². The number of benzene rings is 1. The third-order valence-corrected chi connectivity index (χ3v) is 3.53. The number of methoxy groups -OCH3 is 1. The molecule has 1 atom stereocenters. The number of hydrogen-bond donors (Lipinski definition) is 1. The van der Waals surface area contributed by atoms with Crippen molar-refractivity contribution < 1.29 is 14.6 Å². The lowest BCUT2D eigenvalue weighted by molar-refractivity contribution is -0.138. The summed E-state index contributed by atoms with van der Waals surface area (Å²) in [4.78, 5) is 15.6. The Morgan fingerprint density at radius 1 is 1.30 bits per heavy atom. The summed E-state index contributed by atoms with van der Waals surface area (Å²) in [7, 11) is 1.55. The third kappa shape index (κ3) is 3.57. The van der Waals surface area contributed by atoms with Crippen molar-refractivity contribution >= 4 is 21.9 Å². The predicted molar refractivity (Wildman–Crippen MR) is 79.0 cm³/mol. The lowest BCUT2D eigenvalue weighted by atomic mass is 9.96. The molecular weight excluding hydrogens is 322 g/mol. The van der Waals surface area contributed by atoms with Crippen molar-refractivity contribution in [1.82, 2.24) is 4.98 Å². The molecule has 1 unspecified atom stereocenters. The first-order valence-corrected chi connectivity index (χ1v) is 6.86. The van der Waals surface area contributed by atoms with Gasteiger partial charge in [-0.25, -0.2) is 0 Å². The van der Waals surface area contributed by atoms with Gasteiger partial charge in [-0.1, -0.05) is 28.1 Å². The standard InChI is InChI=1S/C15H14BrNO3/c1-20-12-6-7-14(17-9-12)13(15(18)19)8-10-2-4-11(16)5-3-10/h2-7,9,13H,8H2,1H3,(H,18,19). The Balaban J connectivity index is 2.22. The number of halogens is 1. The zero-order chi connectivity index (χ0) is 14.5. The largest absolute Gasteiger partial charge is 0.495 e. The van der Waals surface area contributed by atoms with Crippen LogP contribution in [0.5, 0.6) is 5.75 Å². The molecule has 2 rings (SSSR count). The zero-order valence-corrected chi connectivity index (χ0v) is 12.5. The molecule has 1 N–H and O–H groups in total. The van der Waals surface area contributed by atoms with Crippen LogP contribution in [0.15, 0.2) is 47.1 Å². The summed E-state index contributed by atoms with van der Waals surface area (Å²) in [5.41, 5.74) is 1.49. The van der Waals surface area contributed by atoms with Gasteiger partial charge in [0.1, 0.15) is 11.7 Å². The Kier molecular flexibility index (Phi) is 4.74. The van der Waals surface area contributed by atoms with Gasteiger partial charge in [0.25, 0.3) is 0 Å². The van der Waals surface area contributed by atoms with Crippen LogP contribution in [0, 0.1) is 0 Å². The molecule has 0 amide bonds. The fourth-order valence-electron chi connectivity index (χ4n) is 1.89. The number of aliphatic carboxylic acids is 1. The lowest BCUT2D eigenvalue weighted by Gasteiger charge is -2.12. The van der Waals surface area contributed by atoms with Crippen LogP contribution in [0.4, 0.5) is 0 Å². The second-order valence-electron chi connectivity index (χ2n) is 4.34. The van der Waals surface area contributed by atoms with Gasteiger partial charge >= 0.3 is 5.97 Å². The van der Waals surface area contributed by atoms with Crippen molar-refractivity contribution in [2.24, 2.45) is 0 Å². The van der Waals surface area contributed by atoms with Gasteiger partial charge in [0.05, 0.1) is 19.0 Å². The molecule has 104 valence electrons. The van der Waals surface area contributed by atoms with Gasteiger partial charge in [0.2, 0.25) is 0 Å². The number of ether oxygens (including phenoxy) is 1. The molecular formula is C15H14BrNO3. The van der Waals surface area contributed by atoms with Crippen molar-refractivity contribution in [3.8, 4) is 5.75 Å². The molecule has 1 aromatic carbocycles. The zero-order valence-electron chi connectivity index (χ0n) is 10.9. The summed E-state index contributed by atoms with van der Waals surface area (Å²) in [6.45, 7) is 0. The molecule has 0 fully saturated rings. The molecule has 1 heterocycles. The van der Waals surface area contributed by atoms with Crippen LogP contribution in [0.3, 0.4) is 0 Å². The maximum absolute atomic E-state index is 11.4. The molecule has 0 spiro atoms. The number of rotatable bonds is 5. The SMILES string of the molecule is COc1ccc(C(Cc2ccc(Br)cc2)C(=O)O)nc1. The second kappa shape index (κ2) is 6.52. The third-order valence-electron chi connectivity index (χ3n) is 3.00. The average Bonchev–Trinajstić information content (AvgIpc) is 2.46. The van der Waals surface area contributed by atoms with Crippen LogP contribution in [0.2, 0.25) is 0 Å². The number of hydrogen-bond acceptors (Lipinski definition) is 3. The number of carboxylic acids is 1. The maximum atomic E-state index is 11.4. The highest BCUT2D eigenvalue weighted by atomic mass is 79.9. The quantitative estimate of drug-likeness (QED) is 0.910. The predicted octanol–water partition coefficient (Wildman–Crippen LogP) is 3.26. The summed E-state index contributed by atoms with van der Waals surface area (Å²) in [6, 6.07) is 11.0. The Morgan fingerprint density at radius 2 is 2.00 bits per heavy atom. The van der Waals surface area contributed by atoms with E-state index in [0.29, 0.717) is 17.9 Å². The first kappa shape index (κ1) is 14.5. The minimum absolute atomic E-state index is 0.405. The highest BCUT2D eigenvalue weighted by molar-refractivity contribution is 9.10. The van der Waals surface area contributed by atoms with E-state index in [1.807, 2.05) is 24.3 Å². The first-order chi connectivity index (χ1) is 9.60. The second-order valence-corrected chi connectivity index (χ2v) is 5.26. The molecule has 0 bridgehead atoms. The van der Waals surface area contributed by atoms with E-state index >= 15 is 0 Å². The molecule has 5 heteroatoms. The first-order valence-electron chi connectivity index (χ1n) is 6.07. The van der Waals surface area contributed by atoms with Gasteiger partial charge < -0.3 is 9.84 Å². The minimum Gasteiger partial charge on any atom is -0.495 e. The van der Waals surface area contributed by atoms with E-state index in [9.17, 15) is 9.90 Å². The molecule has 0 radical (unpaired) electrons. The average molecular weight is 336 g/mol. The molecule has 20 heavy (non-hydrogen) atoms. The van der Waals surface area contributed by atoms with Crippen LogP contribution in [-0.4, -0.2) is 23.2 Å². The van der Waals surface area contributed by atoms with Crippen molar-refractivity contribution in [3.63, 3.8) is 0 Å². The van der Waals surface area contributed by atoms with Gasteiger partial charge in [-0.3, -0.25) is 9.78 Å². The summed E-state index contributed by atoms with van der Waals surface area (Å²) in [5, 5.41) is 9.39. The van der Waals surface area contributed by atoms with Gasteiger partial charge in [0, 0.05) is 4.47 Å². The van der Waals surface area contributed by atoms with Crippen LogP contribution < -0.4 is 4.74 Å². The topological polar surface area (TPSA) is 59.4 Å². The fourth-order valence-corrected chi connectivity index (χ4v) is 2.16. The molecule has 0 aliphatic carbocycles. The van der Waals surface area contributed by atoms with E-state index in [4.69, 9.17) is 4.74 Å². The minimum atomic E-state index is -0.884. The maximum Gasteiger partial charge on any atom is 0.312 e. The Morgan fingerprint density at radius 3 is 2.50 bits per heavy atom. The summed E-state index contributed by atoms with van der Waals surface area (Å²) in [5.74, 6) is -0.936. The molecule has 1 aromatic heterocycles. The smallest absolute Gasteiger partial charge is 0.312 e. The Bertz CT molecular complexity index is 581. The van der Waals surface area contributed by atoms with Crippen LogP contribution >= 0.6 is 15.9 Å². The highest BCUT2D eigenvalue weighted by Crippen LogP contribution is 2.22. The lowest BCUT2D eigenvalue weighted by Crippen LogP contribution is -2.15. The number of aromatic nitrogens is 1. The molecule has 0 aliphatic rings. The molecule has 4 nitrogen and oxygen atoms in total. The summed E-state index contributed by atoms with van der Waals surface area (Å²) < 4.78 is 5.99. The number of carboxylic acid groups (broad SMARTS) is 1. The van der Waals surface area contributed by atoms with Crippen molar-refractivity contribution in [1.29, 1.82) is 0 Å². The van der Waals surface area contributed by atoms with Gasteiger partial charge in [-0.15, -0.1) is 0 Å². The monoisotopic (exact) mass is 335 g/mol. The van der Waals surface area contributed by atoms with E-state index < -0.39 is 11.9 Å². The van der Waals surface area contributed by atoms with E-state index in [1.165, 1.54) is 6.20 Å². The normalized spacial score (nSPS) is 11.9. The fraction of sp³-hybridized carbons (Fsp3) is 0.200. The van der Waals surface area contributed by atoms with E-state index in [1.54, 1.807) is 19.2 Å². The van der Waals surface area contributed by atoms with Gasteiger partial charge in [0.15, 0.2) is 0 Å². The van der Waals surface area contributed by atoms with E-state index in [-0.39, 0.29) is 0 Å². The molecule has 0 saturated heterocycles. The number of nitrogens with zero attached hydrogens (tertiary/aromatic N) is 1. The highest BCUT2D eigenvalue weighted by Gasteiger charge is 2.21. The molecule has 2 aromatic rings. The Labute approximate surface area is 125 Å². The summed E-state index contributed by atoms with van der Waals surface area (Å²) >= 11 is 3.36. The number of pyridine rings is 1. The molecule has 0 aliphatic heterocycles. The summed E-state index contributed by atoms with van der Waals surface area (Å²) in [6.07, 6.45) is 1.94.